The molecule has 1 aliphatic carbocycles. The molecular weight excluding hydrogens is 324 g/mol. The molecule has 5 rings (SSSR count). The van der Waals surface area contributed by atoms with Crippen molar-refractivity contribution in [3.8, 4) is 0 Å². The highest BCUT2D eigenvalue weighted by Crippen LogP contribution is 2.50. The molecule has 0 radical (unpaired) electrons. The average molecular weight is 354 g/mol. The Morgan fingerprint density at radius 1 is 1.23 bits per heavy atom. The van der Waals surface area contributed by atoms with Crippen LogP contribution in [0.5, 0.6) is 0 Å². The number of aryl methyl sites for hydroxylation is 2. The molecule has 3 fully saturated rings. The van der Waals surface area contributed by atoms with Gasteiger partial charge in [0.05, 0.1) is 17.1 Å². The first-order valence-corrected chi connectivity index (χ1v) is 10.3. The maximum Gasteiger partial charge on any atom is 0.329 e. The van der Waals surface area contributed by atoms with Gasteiger partial charge in [-0.1, -0.05) is 12.1 Å². The van der Waals surface area contributed by atoms with E-state index in [-0.39, 0.29) is 11.7 Å². The van der Waals surface area contributed by atoms with Crippen LogP contribution in [0.4, 0.5) is 0 Å². The van der Waals surface area contributed by atoms with Crippen molar-refractivity contribution >= 4 is 11.0 Å². The van der Waals surface area contributed by atoms with Crippen LogP contribution in [0.1, 0.15) is 43.7 Å². The molecule has 3 aliphatic rings. The number of aromatic nitrogens is 2. The van der Waals surface area contributed by atoms with E-state index in [1.54, 1.807) is 0 Å². The summed E-state index contributed by atoms with van der Waals surface area (Å²) in [6.07, 6.45) is 7.37. The summed E-state index contributed by atoms with van der Waals surface area (Å²) in [6, 6.07) is 6.78. The van der Waals surface area contributed by atoms with Gasteiger partial charge in [-0.05, 0) is 68.0 Å². The Labute approximate surface area is 154 Å². The highest BCUT2D eigenvalue weighted by atomic mass is 16.1. The number of imidazole rings is 1. The van der Waals surface area contributed by atoms with E-state index in [1.165, 1.54) is 37.9 Å². The fourth-order valence-corrected chi connectivity index (χ4v) is 5.62. The first-order chi connectivity index (χ1) is 12.7. The Kier molecular flexibility index (Phi) is 3.98. The molecule has 0 amide bonds. The molecular formula is C21H30N4O. The molecule has 0 bridgehead atoms. The van der Waals surface area contributed by atoms with Crippen LogP contribution < -0.4 is 16.3 Å². The molecule has 2 N–H and O–H groups in total. The van der Waals surface area contributed by atoms with Gasteiger partial charge in [0.25, 0.3) is 0 Å². The second-order valence-corrected chi connectivity index (χ2v) is 8.91. The Morgan fingerprint density at radius 3 is 2.77 bits per heavy atom. The number of benzene rings is 1. The molecule has 3 heterocycles. The third-order valence-corrected chi connectivity index (χ3v) is 7.09. The van der Waals surface area contributed by atoms with Crippen molar-refractivity contribution in [3.63, 3.8) is 0 Å². The zero-order valence-electron chi connectivity index (χ0n) is 15.8. The normalized spacial score (nSPS) is 25.3. The highest BCUT2D eigenvalue weighted by molar-refractivity contribution is 5.80. The predicted octanol–water partition coefficient (Wildman–Crippen LogP) is 2.20. The van der Waals surface area contributed by atoms with Gasteiger partial charge in [-0.2, -0.15) is 0 Å². The van der Waals surface area contributed by atoms with Crippen LogP contribution in [0.2, 0.25) is 0 Å². The fraction of sp³-hybridized carbons (Fsp3) is 0.667. The minimum atomic E-state index is 0.143. The number of hydrogen-bond acceptors (Lipinski definition) is 3. The van der Waals surface area contributed by atoms with Crippen molar-refractivity contribution in [2.45, 2.75) is 44.6 Å². The molecule has 1 aromatic carbocycles. The van der Waals surface area contributed by atoms with Gasteiger partial charge in [0.2, 0.25) is 0 Å². The topological polar surface area (TPSA) is 51.0 Å². The number of rotatable bonds is 4. The van der Waals surface area contributed by atoms with Crippen molar-refractivity contribution < 1.29 is 0 Å². The van der Waals surface area contributed by atoms with E-state index in [0.717, 1.165) is 49.3 Å². The van der Waals surface area contributed by atoms with E-state index in [2.05, 4.69) is 28.8 Å². The quantitative estimate of drug-likeness (QED) is 0.885. The number of piperidine rings is 1. The molecule has 26 heavy (non-hydrogen) atoms. The van der Waals surface area contributed by atoms with Crippen LogP contribution >= 0.6 is 0 Å². The molecule has 1 saturated carbocycles. The molecule has 1 aromatic heterocycles. The molecule has 2 aromatic rings. The van der Waals surface area contributed by atoms with Crippen LogP contribution in [0.3, 0.4) is 0 Å². The summed E-state index contributed by atoms with van der Waals surface area (Å²) in [5.41, 5.74) is 4.42. The zero-order chi connectivity index (χ0) is 17.7. The molecule has 2 saturated heterocycles. The SMILES string of the molecule is Cn1c(=O)n(C2CCCNC2)c2cccc(CCC3CC4(CNC4)C3)c21. The van der Waals surface area contributed by atoms with Crippen molar-refractivity contribution in [2.24, 2.45) is 18.4 Å². The lowest BCUT2D eigenvalue weighted by molar-refractivity contribution is -0.00299. The van der Waals surface area contributed by atoms with Gasteiger partial charge in [0.15, 0.2) is 0 Å². The van der Waals surface area contributed by atoms with Crippen LogP contribution in [-0.4, -0.2) is 35.3 Å². The lowest BCUT2D eigenvalue weighted by Crippen LogP contribution is -2.60. The number of hydrogen-bond donors (Lipinski definition) is 2. The molecule has 1 unspecified atom stereocenters. The molecule has 1 atom stereocenters. The predicted molar refractivity (Wildman–Crippen MR) is 105 cm³/mol. The van der Waals surface area contributed by atoms with Crippen LogP contribution in [0, 0.1) is 11.3 Å². The number of nitrogens with zero attached hydrogens (tertiary/aromatic N) is 2. The maximum atomic E-state index is 13.0. The fourth-order valence-electron chi connectivity index (χ4n) is 5.62. The van der Waals surface area contributed by atoms with E-state index < -0.39 is 0 Å². The summed E-state index contributed by atoms with van der Waals surface area (Å²) in [4.78, 5) is 13.0. The lowest BCUT2D eigenvalue weighted by atomic mass is 9.57. The standard InChI is InChI=1S/C21H30N4O/c1-24-19-16(8-7-15-10-21(11-15)13-23-14-21)4-2-6-18(19)25(20(24)26)17-5-3-9-22-12-17/h2,4,6,15,17,22-23H,3,5,7-14H2,1H3. The molecule has 5 nitrogen and oxygen atoms in total. The van der Waals surface area contributed by atoms with Crippen molar-refractivity contribution in [3.05, 3.63) is 34.2 Å². The van der Waals surface area contributed by atoms with Crippen molar-refractivity contribution in [1.82, 2.24) is 19.8 Å². The molecule has 140 valence electrons. The molecule has 1 spiro atoms. The first kappa shape index (κ1) is 16.6. The lowest BCUT2D eigenvalue weighted by Gasteiger charge is -2.54. The van der Waals surface area contributed by atoms with Crippen LogP contribution in [0.15, 0.2) is 23.0 Å². The van der Waals surface area contributed by atoms with Crippen LogP contribution in [-0.2, 0) is 13.5 Å². The minimum absolute atomic E-state index is 0.143. The molecule has 5 heteroatoms. The van der Waals surface area contributed by atoms with E-state index in [4.69, 9.17) is 0 Å². The van der Waals surface area contributed by atoms with Gasteiger partial charge in [-0.25, -0.2) is 4.79 Å². The Hall–Kier alpha value is -1.59. The third-order valence-electron chi connectivity index (χ3n) is 7.09. The summed E-state index contributed by atoms with van der Waals surface area (Å²) in [6.45, 7) is 4.43. The second-order valence-electron chi connectivity index (χ2n) is 8.91. The second kappa shape index (κ2) is 6.24. The van der Waals surface area contributed by atoms with Gasteiger partial charge >= 0.3 is 5.69 Å². The van der Waals surface area contributed by atoms with Crippen molar-refractivity contribution in [2.75, 3.05) is 26.2 Å². The van der Waals surface area contributed by atoms with E-state index in [0.29, 0.717) is 5.41 Å². The van der Waals surface area contributed by atoms with E-state index >= 15 is 0 Å². The van der Waals surface area contributed by atoms with Gasteiger partial charge in [-0.3, -0.25) is 9.13 Å². The minimum Gasteiger partial charge on any atom is -0.316 e. The Balaban J connectivity index is 1.40. The van der Waals surface area contributed by atoms with Gasteiger partial charge in [0.1, 0.15) is 0 Å². The Morgan fingerprint density at radius 2 is 2.08 bits per heavy atom. The van der Waals surface area contributed by atoms with Crippen LogP contribution in [0.25, 0.3) is 11.0 Å². The summed E-state index contributed by atoms with van der Waals surface area (Å²) in [5, 5.41) is 6.87. The van der Waals surface area contributed by atoms with Gasteiger partial charge in [-0.15, -0.1) is 0 Å². The summed E-state index contributed by atoms with van der Waals surface area (Å²) in [5.74, 6) is 0.869. The largest absolute Gasteiger partial charge is 0.329 e. The van der Waals surface area contributed by atoms with Crippen molar-refractivity contribution in [1.29, 1.82) is 0 Å². The summed E-state index contributed by atoms with van der Waals surface area (Å²) in [7, 11) is 1.94. The van der Waals surface area contributed by atoms with Gasteiger partial charge < -0.3 is 10.6 Å². The number of nitrogens with one attached hydrogen (secondary N) is 2. The summed E-state index contributed by atoms with van der Waals surface area (Å²) >= 11 is 0. The number of fused-ring (bicyclic) bond motifs is 1. The van der Waals surface area contributed by atoms with E-state index in [1.807, 2.05) is 16.2 Å². The number of para-hydroxylation sites is 1. The molecule has 2 aliphatic heterocycles. The third kappa shape index (κ3) is 2.55. The zero-order valence-corrected chi connectivity index (χ0v) is 15.8. The highest BCUT2D eigenvalue weighted by Gasteiger charge is 2.47. The Bertz CT molecular complexity index is 862. The first-order valence-electron chi connectivity index (χ1n) is 10.3. The maximum absolute atomic E-state index is 13.0. The van der Waals surface area contributed by atoms with E-state index in [9.17, 15) is 4.79 Å². The monoisotopic (exact) mass is 354 g/mol. The smallest absolute Gasteiger partial charge is 0.316 e. The average Bonchev–Trinajstić information content (AvgIpc) is 2.85. The summed E-state index contributed by atoms with van der Waals surface area (Å²) < 4.78 is 3.93. The van der Waals surface area contributed by atoms with Gasteiger partial charge in [0, 0.05) is 26.7 Å².